The van der Waals surface area contributed by atoms with Crippen molar-refractivity contribution in [3.63, 3.8) is 0 Å². The summed E-state index contributed by atoms with van der Waals surface area (Å²) >= 11 is 7.18. The van der Waals surface area contributed by atoms with E-state index in [0.717, 1.165) is 29.7 Å². The Bertz CT molecular complexity index is 698. The number of imide groups is 1. The average Bonchev–Trinajstić information content (AvgIpc) is 2.94. The molecule has 26 heavy (non-hydrogen) atoms. The molecule has 2 aliphatic rings. The Hall–Kier alpha value is -1.46. The molecule has 0 radical (unpaired) electrons. The van der Waals surface area contributed by atoms with E-state index in [1.807, 2.05) is 12.1 Å². The first-order chi connectivity index (χ1) is 12.6. The van der Waals surface area contributed by atoms with Crippen LogP contribution in [0, 0.1) is 5.92 Å². The van der Waals surface area contributed by atoms with Crippen molar-refractivity contribution in [3.05, 3.63) is 33.7 Å². The molecule has 1 saturated carbocycles. The van der Waals surface area contributed by atoms with Gasteiger partial charge in [-0.25, -0.2) is 0 Å². The van der Waals surface area contributed by atoms with Crippen molar-refractivity contribution < 1.29 is 14.3 Å². The maximum Gasteiger partial charge on any atom is 0.290 e. The number of unbranched alkanes of at least 4 members (excludes halogenated alkanes) is 1. The Labute approximate surface area is 163 Å². The number of carbonyl (C=O) groups is 2. The van der Waals surface area contributed by atoms with Crippen molar-refractivity contribution >= 4 is 40.6 Å². The van der Waals surface area contributed by atoms with Gasteiger partial charge in [0.15, 0.2) is 0 Å². The van der Waals surface area contributed by atoms with Crippen LogP contribution in [0.1, 0.15) is 56.9 Å². The van der Waals surface area contributed by atoms with Gasteiger partial charge in [0.2, 0.25) is 0 Å². The molecule has 2 amide bonds. The topological polar surface area (TPSA) is 55.4 Å². The highest BCUT2D eigenvalue weighted by atomic mass is 35.5. The van der Waals surface area contributed by atoms with Gasteiger partial charge in [-0.2, -0.15) is 0 Å². The zero-order valence-electron chi connectivity index (χ0n) is 14.8. The fraction of sp³-hybridized carbons (Fsp3) is 0.500. The summed E-state index contributed by atoms with van der Waals surface area (Å²) in [5.74, 6) is 1.21. The van der Waals surface area contributed by atoms with Crippen molar-refractivity contribution in [1.82, 2.24) is 5.32 Å². The number of ether oxygens (including phenoxy) is 1. The second kappa shape index (κ2) is 9.47. The number of halogens is 1. The van der Waals surface area contributed by atoms with Crippen LogP contribution in [0.4, 0.5) is 4.79 Å². The fourth-order valence-corrected chi connectivity index (χ4v) is 4.42. The van der Waals surface area contributed by atoms with E-state index in [2.05, 4.69) is 5.32 Å². The minimum absolute atomic E-state index is 0.347. The highest BCUT2D eigenvalue weighted by Gasteiger charge is 2.25. The van der Waals surface area contributed by atoms with E-state index in [1.165, 1.54) is 44.9 Å². The number of thioether (sulfide) groups is 1. The summed E-state index contributed by atoms with van der Waals surface area (Å²) in [5, 5.41) is 2.40. The van der Waals surface area contributed by atoms with E-state index >= 15 is 0 Å². The van der Waals surface area contributed by atoms with Crippen LogP contribution in [0.2, 0.25) is 5.02 Å². The molecular weight excluding hydrogens is 370 g/mol. The van der Waals surface area contributed by atoms with Gasteiger partial charge in [-0.05, 0) is 54.3 Å². The van der Waals surface area contributed by atoms with Gasteiger partial charge in [0.25, 0.3) is 11.1 Å². The molecule has 1 N–H and O–H groups in total. The van der Waals surface area contributed by atoms with Gasteiger partial charge in [-0.1, -0.05) is 56.2 Å². The third kappa shape index (κ3) is 5.52. The van der Waals surface area contributed by atoms with Crippen molar-refractivity contribution in [2.45, 2.75) is 51.4 Å². The number of benzene rings is 1. The molecule has 2 fully saturated rings. The lowest BCUT2D eigenvalue weighted by Gasteiger charge is -2.21. The molecule has 0 atom stereocenters. The summed E-state index contributed by atoms with van der Waals surface area (Å²) in [5.41, 5.74) is 0.770. The van der Waals surface area contributed by atoms with Crippen LogP contribution in [0.5, 0.6) is 5.75 Å². The summed E-state index contributed by atoms with van der Waals surface area (Å²) in [7, 11) is 0. The third-order valence-corrected chi connectivity index (χ3v) is 5.99. The maximum absolute atomic E-state index is 11.6. The zero-order chi connectivity index (χ0) is 18.4. The first kappa shape index (κ1) is 19.3. The van der Waals surface area contributed by atoms with Crippen molar-refractivity contribution in [3.8, 4) is 5.75 Å². The highest BCUT2D eigenvalue weighted by Crippen LogP contribution is 2.30. The Balaban J connectivity index is 1.45. The van der Waals surface area contributed by atoms with Crippen LogP contribution < -0.4 is 10.1 Å². The zero-order valence-corrected chi connectivity index (χ0v) is 16.3. The lowest BCUT2D eigenvalue weighted by atomic mass is 9.86. The van der Waals surface area contributed by atoms with Gasteiger partial charge in [0, 0.05) is 0 Å². The van der Waals surface area contributed by atoms with Crippen molar-refractivity contribution in [2.24, 2.45) is 5.92 Å². The van der Waals surface area contributed by atoms with E-state index in [4.69, 9.17) is 16.3 Å². The van der Waals surface area contributed by atoms with Gasteiger partial charge in [-0.15, -0.1) is 0 Å². The van der Waals surface area contributed by atoms with E-state index < -0.39 is 0 Å². The van der Waals surface area contributed by atoms with Gasteiger partial charge in [-0.3, -0.25) is 14.9 Å². The van der Waals surface area contributed by atoms with Gasteiger partial charge in [0.05, 0.1) is 16.5 Å². The first-order valence-corrected chi connectivity index (χ1v) is 10.5. The molecule has 0 bridgehead atoms. The molecule has 1 aromatic rings. The standard InChI is InChI=1S/C20H24ClNO3S/c21-16-12-15(13-18-19(23)22-20(24)26-18)9-10-17(16)25-11-5-4-8-14-6-2-1-3-7-14/h9-10,12-14H,1-8,11H2,(H,22,23,24). The number of carbonyl (C=O) groups excluding carboxylic acids is 2. The summed E-state index contributed by atoms with van der Waals surface area (Å²) in [6.07, 6.45) is 12.2. The Kier molecular flexibility index (Phi) is 7.03. The molecule has 1 aliphatic carbocycles. The van der Waals surface area contributed by atoms with Crippen LogP contribution in [-0.4, -0.2) is 17.8 Å². The molecule has 0 unspecified atom stereocenters. The molecule has 0 aromatic heterocycles. The average molecular weight is 394 g/mol. The van der Waals surface area contributed by atoms with E-state index in [-0.39, 0.29) is 11.1 Å². The van der Waals surface area contributed by atoms with E-state index in [0.29, 0.717) is 22.3 Å². The van der Waals surface area contributed by atoms with Crippen LogP contribution >= 0.6 is 23.4 Å². The molecular formula is C20H24ClNO3S. The maximum atomic E-state index is 11.6. The minimum Gasteiger partial charge on any atom is -0.492 e. The number of rotatable bonds is 7. The molecule has 3 rings (SSSR count). The van der Waals surface area contributed by atoms with Crippen molar-refractivity contribution in [1.29, 1.82) is 0 Å². The normalized spacial score (nSPS) is 19.8. The van der Waals surface area contributed by atoms with Crippen LogP contribution in [0.15, 0.2) is 23.1 Å². The largest absolute Gasteiger partial charge is 0.492 e. The summed E-state index contributed by atoms with van der Waals surface area (Å²) in [6, 6.07) is 5.41. The molecule has 0 spiro atoms. The predicted octanol–water partition coefficient (Wildman–Crippen LogP) is 5.79. The Morgan fingerprint density at radius 2 is 2.00 bits per heavy atom. The molecule has 1 saturated heterocycles. The highest BCUT2D eigenvalue weighted by molar-refractivity contribution is 8.18. The van der Waals surface area contributed by atoms with Gasteiger partial charge < -0.3 is 4.74 Å². The monoisotopic (exact) mass is 393 g/mol. The summed E-state index contributed by atoms with van der Waals surface area (Å²) < 4.78 is 5.80. The minimum atomic E-state index is -0.366. The molecule has 1 heterocycles. The first-order valence-electron chi connectivity index (χ1n) is 9.29. The number of nitrogens with one attached hydrogen (secondary N) is 1. The van der Waals surface area contributed by atoms with Crippen molar-refractivity contribution in [2.75, 3.05) is 6.61 Å². The lowest BCUT2D eigenvalue weighted by Crippen LogP contribution is -2.17. The second-order valence-corrected chi connectivity index (χ2v) is 8.31. The third-order valence-electron chi connectivity index (χ3n) is 4.88. The van der Waals surface area contributed by atoms with E-state index in [1.54, 1.807) is 12.1 Å². The molecule has 6 heteroatoms. The Morgan fingerprint density at radius 3 is 2.69 bits per heavy atom. The van der Waals surface area contributed by atoms with Crippen LogP contribution in [0.25, 0.3) is 6.08 Å². The SMILES string of the molecule is O=C1NC(=O)C(=Cc2ccc(OCCCCC3CCCCC3)c(Cl)c2)S1. The predicted molar refractivity (Wildman–Crippen MR) is 106 cm³/mol. The summed E-state index contributed by atoms with van der Waals surface area (Å²) in [6.45, 7) is 0.666. The van der Waals surface area contributed by atoms with E-state index in [9.17, 15) is 9.59 Å². The molecule has 1 aliphatic heterocycles. The van der Waals surface area contributed by atoms with Crippen LogP contribution in [0.3, 0.4) is 0 Å². The molecule has 140 valence electrons. The lowest BCUT2D eigenvalue weighted by molar-refractivity contribution is -0.115. The Morgan fingerprint density at radius 1 is 1.19 bits per heavy atom. The quantitative estimate of drug-likeness (QED) is 0.470. The molecule has 1 aromatic carbocycles. The molecule has 4 nitrogen and oxygen atoms in total. The number of amides is 2. The number of hydrogen-bond donors (Lipinski definition) is 1. The second-order valence-electron chi connectivity index (χ2n) is 6.89. The van der Waals surface area contributed by atoms with Crippen LogP contribution in [-0.2, 0) is 4.79 Å². The summed E-state index contributed by atoms with van der Waals surface area (Å²) in [4.78, 5) is 23.1. The van der Waals surface area contributed by atoms with Gasteiger partial charge >= 0.3 is 0 Å². The fourth-order valence-electron chi connectivity index (χ4n) is 3.49. The van der Waals surface area contributed by atoms with Gasteiger partial charge in [0.1, 0.15) is 5.75 Å². The number of hydrogen-bond acceptors (Lipinski definition) is 4. The smallest absolute Gasteiger partial charge is 0.290 e.